The monoisotopic (exact) mass is 278 g/mol. The Kier molecular flexibility index (Phi) is 4.65. The van der Waals surface area contributed by atoms with Gasteiger partial charge in [-0.3, -0.25) is 0 Å². The molecule has 0 unspecified atom stereocenters. The number of hydrogen-bond donors (Lipinski definition) is 1. The summed E-state index contributed by atoms with van der Waals surface area (Å²) in [6, 6.07) is 3.49. The van der Waals surface area contributed by atoms with Crippen LogP contribution in [0, 0.1) is 5.82 Å². The van der Waals surface area contributed by atoms with E-state index in [0.29, 0.717) is 11.8 Å². The molecule has 0 spiro atoms. The Hall–Kier alpha value is -1.55. The van der Waals surface area contributed by atoms with Crippen molar-refractivity contribution in [2.75, 3.05) is 20.2 Å². The molecule has 1 aromatic heterocycles. The molecule has 110 valence electrons. The van der Waals surface area contributed by atoms with Crippen LogP contribution in [0.1, 0.15) is 26.3 Å². The van der Waals surface area contributed by atoms with Gasteiger partial charge >= 0.3 is 0 Å². The highest BCUT2D eigenvalue weighted by Crippen LogP contribution is 2.30. The van der Waals surface area contributed by atoms with Gasteiger partial charge in [-0.25, -0.2) is 4.39 Å². The molecule has 1 heterocycles. The van der Waals surface area contributed by atoms with Crippen molar-refractivity contribution in [2.45, 2.75) is 33.2 Å². The topological polar surface area (TPSA) is 28.3 Å². The number of aromatic amines is 1. The van der Waals surface area contributed by atoms with Crippen molar-refractivity contribution in [1.82, 2.24) is 9.88 Å². The zero-order chi connectivity index (χ0) is 14.7. The lowest BCUT2D eigenvalue weighted by molar-refractivity contribution is 0.237. The van der Waals surface area contributed by atoms with Gasteiger partial charge in [0.05, 0.1) is 12.6 Å². The van der Waals surface area contributed by atoms with Crippen molar-refractivity contribution < 1.29 is 9.13 Å². The molecule has 0 radical (unpaired) electrons. The van der Waals surface area contributed by atoms with E-state index in [1.807, 2.05) is 6.20 Å². The smallest absolute Gasteiger partial charge is 0.131 e. The van der Waals surface area contributed by atoms with Gasteiger partial charge in [0.15, 0.2) is 0 Å². The maximum absolute atomic E-state index is 13.5. The average Bonchev–Trinajstić information content (AvgIpc) is 2.81. The third-order valence-corrected chi connectivity index (χ3v) is 3.81. The molecule has 0 amide bonds. The molecular weight excluding hydrogens is 255 g/mol. The molecule has 1 N–H and O–H groups in total. The summed E-state index contributed by atoms with van der Waals surface area (Å²) in [5.74, 6) is 0.323. The van der Waals surface area contributed by atoms with Crippen molar-refractivity contribution in [2.24, 2.45) is 0 Å². The molecule has 0 fully saturated rings. The van der Waals surface area contributed by atoms with Crippen molar-refractivity contribution in [3.05, 3.63) is 29.7 Å². The third-order valence-electron chi connectivity index (χ3n) is 3.81. The summed E-state index contributed by atoms with van der Waals surface area (Å²) in [6.45, 7) is 8.60. The molecule has 2 aromatic rings. The SMILES string of the molecule is CCN(CCc1c[nH]c2cc(F)cc(OC)c12)C(C)C. The summed E-state index contributed by atoms with van der Waals surface area (Å²) in [4.78, 5) is 5.55. The average molecular weight is 278 g/mol. The maximum atomic E-state index is 13.5. The summed E-state index contributed by atoms with van der Waals surface area (Å²) in [7, 11) is 1.58. The van der Waals surface area contributed by atoms with Crippen LogP contribution in [0.25, 0.3) is 10.9 Å². The number of hydrogen-bond acceptors (Lipinski definition) is 2. The van der Waals surface area contributed by atoms with Gasteiger partial charge in [0.1, 0.15) is 11.6 Å². The van der Waals surface area contributed by atoms with E-state index in [0.717, 1.165) is 30.4 Å². The molecule has 0 saturated carbocycles. The molecule has 0 aliphatic heterocycles. The Morgan fingerprint density at radius 2 is 2.10 bits per heavy atom. The van der Waals surface area contributed by atoms with Crippen molar-refractivity contribution in [3.8, 4) is 5.75 Å². The van der Waals surface area contributed by atoms with E-state index in [9.17, 15) is 4.39 Å². The molecule has 3 nitrogen and oxygen atoms in total. The molecule has 0 aliphatic rings. The van der Waals surface area contributed by atoms with Crippen LogP contribution in [0.2, 0.25) is 0 Å². The summed E-state index contributed by atoms with van der Waals surface area (Å²) in [6.07, 6.45) is 2.88. The number of benzene rings is 1. The lowest BCUT2D eigenvalue weighted by atomic mass is 10.1. The molecule has 1 aromatic carbocycles. The minimum atomic E-state index is -0.278. The van der Waals surface area contributed by atoms with Crippen molar-refractivity contribution in [3.63, 3.8) is 0 Å². The van der Waals surface area contributed by atoms with Crippen LogP contribution >= 0.6 is 0 Å². The number of likely N-dealkylation sites (N-methyl/N-ethyl adjacent to an activating group) is 1. The first-order valence-corrected chi connectivity index (χ1v) is 7.14. The Balaban J connectivity index is 2.27. The van der Waals surface area contributed by atoms with Gasteiger partial charge in [-0.1, -0.05) is 6.92 Å². The lowest BCUT2D eigenvalue weighted by Gasteiger charge is -2.24. The molecule has 0 bridgehead atoms. The Bertz CT molecular complexity index is 577. The van der Waals surface area contributed by atoms with E-state index in [1.54, 1.807) is 7.11 Å². The summed E-state index contributed by atoms with van der Waals surface area (Å²) >= 11 is 0. The van der Waals surface area contributed by atoms with Crippen LogP contribution in [0.4, 0.5) is 4.39 Å². The van der Waals surface area contributed by atoms with Crippen LogP contribution in [-0.2, 0) is 6.42 Å². The predicted molar refractivity (Wildman–Crippen MR) is 80.9 cm³/mol. The Labute approximate surface area is 119 Å². The van der Waals surface area contributed by atoms with Crippen LogP contribution in [0.15, 0.2) is 18.3 Å². The summed E-state index contributed by atoms with van der Waals surface area (Å²) < 4.78 is 18.8. The van der Waals surface area contributed by atoms with Gasteiger partial charge in [-0.2, -0.15) is 0 Å². The molecule has 4 heteroatoms. The number of nitrogens with zero attached hydrogens (tertiary/aromatic N) is 1. The highest BCUT2D eigenvalue weighted by atomic mass is 19.1. The third kappa shape index (κ3) is 2.96. The first kappa shape index (κ1) is 14.9. The Morgan fingerprint density at radius 1 is 1.35 bits per heavy atom. The minimum Gasteiger partial charge on any atom is -0.496 e. The van der Waals surface area contributed by atoms with Crippen LogP contribution in [0.3, 0.4) is 0 Å². The normalized spacial score (nSPS) is 11.8. The maximum Gasteiger partial charge on any atom is 0.131 e. The van der Waals surface area contributed by atoms with E-state index in [4.69, 9.17) is 4.74 Å². The predicted octanol–water partition coefficient (Wildman–Crippen LogP) is 3.59. The number of ether oxygens (including phenoxy) is 1. The van der Waals surface area contributed by atoms with E-state index >= 15 is 0 Å². The zero-order valence-electron chi connectivity index (χ0n) is 12.7. The molecular formula is C16H23FN2O. The van der Waals surface area contributed by atoms with E-state index in [-0.39, 0.29) is 5.82 Å². The fourth-order valence-electron chi connectivity index (χ4n) is 2.67. The van der Waals surface area contributed by atoms with Gasteiger partial charge in [0, 0.05) is 30.2 Å². The molecule has 2 rings (SSSR count). The van der Waals surface area contributed by atoms with Crippen LogP contribution in [0.5, 0.6) is 5.75 Å². The van der Waals surface area contributed by atoms with Gasteiger partial charge in [0.25, 0.3) is 0 Å². The van der Waals surface area contributed by atoms with E-state index < -0.39 is 0 Å². The second-order valence-electron chi connectivity index (χ2n) is 5.32. The number of H-pyrrole nitrogens is 1. The largest absolute Gasteiger partial charge is 0.496 e. The van der Waals surface area contributed by atoms with Crippen molar-refractivity contribution >= 4 is 10.9 Å². The number of methoxy groups -OCH3 is 1. The van der Waals surface area contributed by atoms with Gasteiger partial charge in [-0.05, 0) is 38.4 Å². The lowest BCUT2D eigenvalue weighted by Crippen LogP contribution is -2.32. The molecule has 0 aliphatic carbocycles. The highest BCUT2D eigenvalue weighted by molar-refractivity contribution is 5.89. The fraction of sp³-hybridized carbons (Fsp3) is 0.500. The van der Waals surface area contributed by atoms with E-state index in [2.05, 4.69) is 30.7 Å². The van der Waals surface area contributed by atoms with E-state index in [1.165, 1.54) is 17.7 Å². The summed E-state index contributed by atoms with van der Waals surface area (Å²) in [5.41, 5.74) is 1.97. The number of fused-ring (bicyclic) bond motifs is 1. The van der Waals surface area contributed by atoms with Gasteiger partial charge in [-0.15, -0.1) is 0 Å². The molecule has 0 atom stereocenters. The standard InChI is InChI=1S/C16H23FN2O/c1-5-19(11(2)3)7-6-12-10-18-14-8-13(17)9-15(20-4)16(12)14/h8-11,18H,5-7H2,1-4H3. The highest BCUT2D eigenvalue weighted by Gasteiger charge is 2.13. The second kappa shape index (κ2) is 6.27. The number of halogens is 1. The molecule has 0 saturated heterocycles. The Morgan fingerprint density at radius 3 is 2.70 bits per heavy atom. The first-order chi connectivity index (χ1) is 9.56. The zero-order valence-corrected chi connectivity index (χ0v) is 12.7. The number of nitrogens with one attached hydrogen (secondary N) is 1. The minimum absolute atomic E-state index is 0.278. The first-order valence-electron chi connectivity index (χ1n) is 7.14. The van der Waals surface area contributed by atoms with Gasteiger partial charge in [0.2, 0.25) is 0 Å². The number of rotatable bonds is 6. The fourth-order valence-corrected chi connectivity index (χ4v) is 2.67. The van der Waals surface area contributed by atoms with Crippen molar-refractivity contribution in [1.29, 1.82) is 0 Å². The number of aromatic nitrogens is 1. The quantitative estimate of drug-likeness (QED) is 0.874. The molecule has 20 heavy (non-hydrogen) atoms. The van der Waals surface area contributed by atoms with Crippen LogP contribution in [-0.4, -0.2) is 36.1 Å². The van der Waals surface area contributed by atoms with Gasteiger partial charge < -0.3 is 14.6 Å². The summed E-state index contributed by atoms with van der Waals surface area (Å²) in [5, 5.41) is 0.994. The second-order valence-corrected chi connectivity index (χ2v) is 5.32. The van der Waals surface area contributed by atoms with Crippen LogP contribution < -0.4 is 4.74 Å².